The summed E-state index contributed by atoms with van der Waals surface area (Å²) < 4.78 is 6.39. The fourth-order valence-corrected chi connectivity index (χ4v) is 6.27. The predicted octanol–water partition coefficient (Wildman–Crippen LogP) is 6.63. The van der Waals surface area contributed by atoms with Gasteiger partial charge < -0.3 is 9.57 Å². The first-order valence-corrected chi connectivity index (χ1v) is 13.7. The summed E-state index contributed by atoms with van der Waals surface area (Å²) in [5.41, 5.74) is 5.42. The molecule has 0 saturated heterocycles. The Morgan fingerprint density at radius 3 is 1.98 bits per heavy atom. The standard InChI is InChI=1S/C32H20N2O6S/c35-29-24-11-5-6-12-25(24)30(36)34(29)40-31(37)28-16-18-15-19(13-14-27(18)41-28)33-32(38)39-17-26-22-9-3-1-7-20(22)21-8-2-4-10-23(21)26/h1-16,26H,17H2,(H,33,38). The monoisotopic (exact) mass is 560 g/mol. The van der Waals surface area contributed by atoms with Crippen molar-refractivity contribution in [2.75, 3.05) is 11.9 Å². The molecule has 1 N–H and O–H groups in total. The number of hydrogen-bond acceptors (Lipinski definition) is 7. The van der Waals surface area contributed by atoms with Gasteiger partial charge in [0.25, 0.3) is 11.8 Å². The third-order valence-electron chi connectivity index (χ3n) is 7.24. The van der Waals surface area contributed by atoms with E-state index in [9.17, 15) is 19.2 Å². The number of amides is 3. The highest BCUT2D eigenvalue weighted by Crippen LogP contribution is 2.44. The lowest BCUT2D eigenvalue weighted by atomic mass is 9.98. The van der Waals surface area contributed by atoms with Crippen LogP contribution in [0.1, 0.15) is 47.4 Å². The number of nitrogens with one attached hydrogen (secondary N) is 1. The molecule has 7 rings (SSSR count). The van der Waals surface area contributed by atoms with E-state index in [0.29, 0.717) is 16.1 Å². The molecule has 0 spiro atoms. The lowest BCUT2D eigenvalue weighted by Crippen LogP contribution is -2.32. The first-order chi connectivity index (χ1) is 20.0. The number of imide groups is 1. The van der Waals surface area contributed by atoms with E-state index in [-0.39, 0.29) is 28.5 Å². The molecule has 0 saturated carbocycles. The van der Waals surface area contributed by atoms with E-state index < -0.39 is 23.9 Å². The van der Waals surface area contributed by atoms with Crippen molar-refractivity contribution < 1.29 is 28.8 Å². The minimum atomic E-state index is -0.827. The summed E-state index contributed by atoms with van der Waals surface area (Å²) in [6, 6.07) is 29.3. The first-order valence-electron chi connectivity index (χ1n) is 12.8. The van der Waals surface area contributed by atoms with Crippen LogP contribution in [0.25, 0.3) is 21.2 Å². The van der Waals surface area contributed by atoms with Crippen LogP contribution in [0.3, 0.4) is 0 Å². The Morgan fingerprint density at radius 1 is 0.756 bits per heavy atom. The van der Waals surface area contributed by atoms with Crippen LogP contribution >= 0.6 is 11.3 Å². The number of ether oxygens (including phenoxy) is 1. The fourth-order valence-electron chi connectivity index (χ4n) is 5.35. The molecule has 1 aliphatic heterocycles. The van der Waals surface area contributed by atoms with Gasteiger partial charge in [-0.1, -0.05) is 65.7 Å². The van der Waals surface area contributed by atoms with Gasteiger partial charge in [-0.3, -0.25) is 14.9 Å². The summed E-state index contributed by atoms with van der Waals surface area (Å²) in [7, 11) is 0. The molecule has 0 fully saturated rings. The van der Waals surface area contributed by atoms with E-state index in [1.54, 1.807) is 36.4 Å². The molecule has 4 aromatic carbocycles. The Morgan fingerprint density at radius 2 is 1.34 bits per heavy atom. The van der Waals surface area contributed by atoms with Gasteiger partial charge in [-0.25, -0.2) is 9.59 Å². The Balaban J connectivity index is 1.02. The molecule has 200 valence electrons. The summed E-state index contributed by atoms with van der Waals surface area (Å²) in [5, 5.41) is 3.92. The van der Waals surface area contributed by atoms with Gasteiger partial charge in [-0.15, -0.1) is 11.3 Å². The molecule has 8 nitrogen and oxygen atoms in total. The number of fused-ring (bicyclic) bond motifs is 5. The van der Waals surface area contributed by atoms with Crippen molar-refractivity contribution in [1.29, 1.82) is 0 Å². The Kier molecular flexibility index (Phi) is 5.87. The van der Waals surface area contributed by atoms with E-state index in [4.69, 9.17) is 9.57 Å². The Labute approximate surface area is 237 Å². The first kappa shape index (κ1) is 24.7. The van der Waals surface area contributed by atoms with Gasteiger partial charge in [0.2, 0.25) is 0 Å². The molecule has 2 heterocycles. The smallest absolute Gasteiger partial charge is 0.411 e. The topological polar surface area (TPSA) is 102 Å². The second-order valence-electron chi connectivity index (χ2n) is 9.64. The number of rotatable bonds is 5. The maximum atomic E-state index is 12.8. The number of hydroxylamine groups is 2. The summed E-state index contributed by atoms with van der Waals surface area (Å²) in [6.45, 7) is 0.189. The van der Waals surface area contributed by atoms with Crippen LogP contribution in [0.5, 0.6) is 0 Å². The number of benzene rings is 4. The van der Waals surface area contributed by atoms with E-state index >= 15 is 0 Å². The van der Waals surface area contributed by atoms with Crippen molar-refractivity contribution in [3.05, 3.63) is 124 Å². The zero-order chi connectivity index (χ0) is 28.1. The van der Waals surface area contributed by atoms with Crippen LogP contribution in [0.2, 0.25) is 0 Å². The zero-order valence-electron chi connectivity index (χ0n) is 21.3. The summed E-state index contributed by atoms with van der Waals surface area (Å²) >= 11 is 1.15. The maximum absolute atomic E-state index is 12.8. The Hall–Kier alpha value is -5.28. The minimum Gasteiger partial charge on any atom is -0.448 e. The Bertz CT molecular complexity index is 1830. The van der Waals surface area contributed by atoms with Crippen LogP contribution in [0, 0.1) is 0 Å². The molecule has 0 atom stereocenters. The van der Waals surface area contributed by atoms with Crippen molar-refractivity contribution in [2.24, 2.45) is 0 Å². The van der Waals surface area contributed by atoms with E-state index in [2.05, 4.69) is 29.6 Å². The van der Waals surface area contributed by atoms with Gasteiger partial charge in [0.15, 0.2) is 0 Å². The van der Waals surface area contributed by atoms with E-state index in [1.807, 2.05) is 24.3 Å². The molecular formula is C32H20N2O6S. The third kappa shape index (κ3) is 4.23. The van der Waals surface area contributed by atoms with Crippen LogP contribution in [-0.2, 0) is 9.57 Å². The molecule has 2 aliphatic rings. The fraction of sp³-hybridized carbons (Fsp3) is 0.0625. The maximum Gasteiger partial charge on any atom is 0.411 e. The molecule has 9 heteroatoms. The average molecular weight is 561 g/mol. The molecule has 1 aromatic heterocycles. The van der Waals surface area contributed by atoms with Crippen LogP contribution in [0.4, 0.5) is 10.5 Å². The number of carbonyl (C=O) groups excluding carboxylic acids is 4. The summed E-state index contributed by atoms with van der Waals surface area (Å²) in [4.78, 5) is 56.0. The van der Waals surface area contributed by atoms with E-state index in [1.165, 1.54) is 12.1 Å². The zero-order valence-corrected chi connectivity index (χ0v) is 22.1. The predicted molar refractivity (Wildman–Crippen MR) is 153 cm³/mol. The number of carbonyl (C=O) groups is 4. The SMILES string of the molecule is O=C(Nc1ccc2sc(C(=O)ON3C(=O)c4ccccc4C3=O)cc2c1)OCC1c2ccccc2-c2ccccc21. The third-order valence-corrected chi connectivity index (χ3v) is 8.33. The molecule has 0 unspecified atom stereocenters. The van der Waals surface area contributed by atoms with Gasteiger partial charge in [0.1, 0.15) is 11.5 Å². The second-order valence-corrected chi connectivity index (χ2v) is 10.7. The van der Waals surface area contributed by atoms with Crippen LogP contribution in [0.15, 0.2) is 97.1 Å². The molecule has 3 amide bonds. The van der Waals surface area contributed by atoms with Crippen LogP contribution < -0.4 is 5.32 Å². The van der Waals surface area contributed by atoms with Gasteiger partial charge in [-0.05, 0) is 64.0 Å². The van der Waals surface area contributed by atoms with Crippen molar-refractivity contribution >= 4 is 51.0 Å². The van der Waals surface area contributed by atoms with Crippen molar-refractivity contribution in [3.8, 4) is 11.1 Å². The second kappa shape index (κ2) is 9.72. The highest BCUT2D eigenvalue weighted by Gasteiger charge is 2.39. The van der Waals surface area contributed by atoms with Gasteiger partial charge >= 0.3 is 12.1 Å². The largest absolute Gasteiger partial charge is 0.448 e. The lowest BCUT2D eigenvalue weighted by Gasteiger charge is -2.14. The molecule has 5 aromatic rings. The van der Waals surface area contributed by atoms with Gasteiger partial charge in [0.05, 0.1) is 11.1 Å². The van der Waals surface area contributed by atoms with Gasteiger partial charge in [0, 0.05) is 16.3 Å². The number of thiophene rings is 1. The van der Waals surface area contributed by atoms with Gasteiger partial charge in [-0.2, -0.15) is 0 Å². The van der Waals surface area contributed by atoms with Crippen molar-refractivity contribution in [1.82, 2.24) is 5.06 Å². The molecule has 0 radical (unpaired) electrons. The summed E-state index contributed by atoms with van der Waals surface area (Å²) in [5.74, 6) is -2.25. The summed E-state index contributed by atoms with van der Waals surface area (Å²) in [6.07, 6.45) is -0.591. The van der Waals surface area contributed by atoms with E-state index in [0.717, 1.165) is 38.3 Å². The number of hydrogen-bond donors (Lipinski definition) is 1. The highest BCUT2D eigenvalue weighted by atomic mass is 32.1. The minimum absolute atomic E-state index is 0.0526. The van der Waals surface area contributed by atoms with Crippen LogP contribution in [-0.4, -0.2) is 35.5 Å². The quantitative estimate of drug-likeness (QED) is 0.242. The average Bonchev–Trinajstić information content (AvgIpc) is 3.63. The lowest BCUT2D eigenvalue weighted by molar-refractivity contribution is -0.0581. The van der Waals surface area contributed by atoms with Crippen molar-refractivity contribution in [2.45, 2.75) is 5.92 Å². The highest BCUT2D eigenvalue weighted by molar-refractivity contribution is 7.20. The molecule has 41 heavy (non-hydrogen) atoms. The number of anilines is 1. The number of nitrogens with zero attached hydrogens (tertiary/aromatic N) is 1. The normalized spacial score (nSPS) is 13.6. The van der Waals surface area contributed by atoms with Crippen molar-refractivity contribution in [3.63, 3.8) is 0 Å². The molecular weight excluding hydrogens is 540 g/mol. The molecule has 0 bridgehead atoms. The molecule has 1 aliphatic carbocycles.